The van der Waals surface area contributed by atoms with Crippen molar-refractivity contribution in [3.05, 3.63) is 67.7 Å². The summed E-state index contributed by atoms with van der Waals surface area (Å²) in [5.41, 5.74) is 4.71. The van der Waals surface area contributed by atoms with Crippen LogP contribution >= 0.6 is 22.7 Å². The maximum atomic E-state index is 13.2. The molecule has 4 unspecified atom stereocenters. The number of carboxylic acids is 2. The number of hydrogen-bond donors (Lipinski definition) is 8. The molecule has 20 nitrogen and oxygen atoms in total. The first-order valence-corrected chi connectivity index (χ1v) is 18.0. The molecule has 0 aromatic carbocycles. The van der Waals surface area contributed by atoms with Crippen LogP contribution in [0.25, 0.3) is 0 Å². The lowest BCUT2D eigenvalue weighted by Gasteiger charge is -2.30. The van der Waals surface area contributed by atoms with E-state index in [0.29, 0.717) is 9.61 Å². The molecule has 3 aromatic heterocycles. The molecule has 2 aliphatic rings. The van der Waals surface area contributed by atoms with Crippen LogP contribution in [0.15, 0.2) is 51.2 Å². The van der Waals surface area contributed by atoms with Crippen LogP contribution in [0.3, 0.4) is 0 Å². The summed E-state index contributed by atoms with van der Waals surface area (Å²) >= 11 is 2.18. The number of carbonyl (C=O) groups excluding carboxylic acids is 2. The van der Waals surface area contributed by atoms with Gasteiger partial charge in [-0.25, -0.2) is 4.98 Å². The Bertz CT molecular complexity index is 1970. The lowest BCUT2D eigenvalue weighted by atomic mass is 9.72. The van der Waals surface area contributed by atoms with Crippen LogP contribution in [0.2, 0.25) is 0 Å². The molecule has 4 atom stereocenters. The highest BCUT2D eigenvalue weighted by Gasteiger charge is 2.38. The van der Waals surface area contributed by atoms with E-state index in [1.54, 1.807) is 11.5 Å². The molecule has 54 heavy (non-hydrogen) atoms. The average Bonchev–Trinajstić information content (AvgIpc) is 3.68. The number of amides is 2. The zero-order chi connectivity index (χ0) is 38.9. The fourth-order valence-corrected chi connectivity index (χ4v) is 6.70. The minimum Gasteiger partial charge on any atom is -0.481 e. The number of pyridine rings is 1. The Hall–Kier alpha value is -5.26. The Labute approximate surface area is 314 Å². The number of nitrogens with one attached hydrogen (secondary N) is 2. The third-order valence-corrected chi connectivity index (χ3v) is 9.52. The van der Waals surface area contributed by atoms with Gasteiger partial charge in [0.25, 0.3) is 5.91 Å². The van der Waals surface area contributed by atoms with Gasteiger partial charge in [-0.3, -0.25) is 24.0 Å². The number of ether oxygens (including phenoxy) is 1. The topological polar surface area (TPSA) is 304 Å². The van der Waals surface area contributed by atoms with Gasteiger partial charge >= 0.3 is 26.2 Å². The van der Waals surface area contributed by atoms with E-state index >= 15 is 0 Å². The Morgan fingerprint density at radius 2 is 1.80 bits per heavy atom. The number of carbonyl (C=O) groups is 4. The van der Waals surface area contributed by atoms with Crippen molar-refractivity contribution >= 4 is 71.5 Å². The summed E-state index contributed by atoms with van der Waals surface area (Å²) in [4.78, 5) is 70.6. The van der Waals surface area contributed by atoms with Gasteiger partial charge in [-0.15, -0.1) is 22.7 Å². The van der Waals surface area contributed by atoms with Gasteiger partial charge in [-0.2, -0.15) is 4.73 Å². The molecule has 0 aliphatic carbocycles. The van der Waals surface area contributed by atoms with Crippen molar-refractivity contribution in [3.8, 4) is 11.5 Å². The van der Waals surface area contributed by atoms with Crippen LogP contribution in [0, 0.1) is 0 Å². The summed E-state index contributed by atoms with van der Waals surface area (Å²) in [6.07, 6.45) is 2.54. The SMILES string of the molecule is Nc1nc(C(=NOCc2cc(=O)c(Oc3csc(CC(=O)NC4CC=CC(CC(=O)O)OB4O)c3)cn2O)C(=O)NC2CCC(CC(=O)O)OB2O)cs1. The second kappa shape index (κ2) is 18.2. The smallest absolute Gasteiger partial charge is 0.478 e. The van der Waals surface area contributed by atoms with E-state index in [-0.39, 0.29) is 72.3 Å². The quantitative estimate of drug-likeness (QED) is 0.0328. The Morgan fingerprint density at radius 1 is 1.04 bits per heavy atom. The van der Waals surface area contributed by atoms with Crippen molar-refractivity contribution in [2.45, 2.75) is 69.2 Å². The van der Waals surface area contributed by atoms with E-state index in [9.17, 15) is 39.2 Å². The third-order valence-electron chi connectivity index (χ3n) is 7.93. The number of oxime groups is 1. The van der Waals surface area contributed by atoms with Crippen molar-refractivity contribution < 1.29 is 63.5 Å². The van der Waals surface area contributed by atoms with Crippen molar-refractivity contribution in [1.82, 2.24) is 20.3 Å². The molecule has 286 valence electrons. The molecule has 2 aliphatic heterocycles. The number of anilines is 1. The molecule has 0 bridgehead atoms. The van der Waals surface area contributed by atoms with Crippen LogP contribution in [0.5, 0.6) is 11.5 Å². The number of aliphatic carboxylic acids is 2. The molecule has 0 spiro atoms. The summed E-state index contributed by atoms with van der Waals surface area (Å²) in [6.45, 7) is -0.497. The van der Waals surface area contributed by atoms with Gasteiger partial charge in [-0.05, 0) is 25.3 Å². The highest BCUT2D eigenvalue weighted by molar-refractivity contribution is 7.13. The number of nitrogen functional groups attached to an aromatic ring is 1. The molecule has 2 amide bonds. The highest BCUT2D eigenvalue weighted by atomic mass is 32.1. The van der Waals surface area contributed by atoms with Gasteiger partial charge in [0.1, 0.15) is 17.1 Å². The van der Waals surface area contributed by atoms with E-state index in [4.69, 9.17) is 34.8 Å². The van der Waals surface area contributed by atoms with E-state index in [0.717, 1.165) is 34.9 Å². The number of nitrogens with two attached hydrogens (primary N) is 1. The van der Waals surface area contributed by atoms with Crippen LogP contribution in [0.1, 0.15) is 48.4 Å². The summed E-state index contributed by atoms with van der Waals surface area (Å²) in [7, 11) is -2.91. The molecule has 5 rings (SSSR count). The van der Waals surface area contributed by atoms with Gasteiger partial charge in [-0.1, -0.05) is 17.3 Å². The molecule has 24 heteroatoms. The fraction of sp³-hybridized carbons (Fsp3) is 0.367. The molecular weight excluding hydrogens is 754 g/mol. The van der Waals surface area contributed by atoms with Crippen molar-refractivity contribution in [1.29, 1.82) is 0 Å². The molecule has 0 saturated carbocycles. The van der Waals surface area contributed by atoms with Gasteiger partial charge in [0.2, 0.25) is 11.3 Å². The molecular formula is C30H34B2N6O14S2. The number of rotatable bonds is 15. The zero-order valence-electron chi connectivity index (χ0n) is 28.1. The van der Waals surface area contributed by atoms with Crippen molar-refractivity contribution in [2.24, 2.45) is 5.16 Å². The summed E-state index contributed by atoms with van der Waals surface area (Å²) in [6, 6.07) is 2.54. The monoisotopic (exact) mass is 788 g/mol. The molecule has 5 heterocycles. The van der Waals surface area contributed by atoms with E-state index in [1.807, 2.05) is 0 Å². The molecule has 0 radical (unpaired) electrons. The number of aromatic nitrogens is 2. The summed E-state index contributed by atoms with van der Waals surface area (Å²) in [5.74, 6) is -5.22. The van der Waals surface area contributed by atoms with Gasteiger partial charge in [0.15, 0.2) is 23.2 Å². The predicted octanol–water partition coefficient (Wildman–Crippen LogP) is -0.0760. The minimum absolute atomic E-state index is 0.0436. The second-order valence-electron chi connectivity index (χ2n) is 12.1. The Balaban J connectivity index is 1.17. The molecule has 9 N–H and O–H groups in total. The first-order valence-electron chi connectivity index (χ1n) is 16.2. The number of nitrogens with zero attached hydrogens (tertiary/aromatic N) is 3. The van der Waals surface area contributed by atoms with Crippen LogP contribution in [-0.4, -0.2) is 103 Å². The normalized spacial score (nSPS) is 20.2. The van der Waals surface area contributed by atoms with Gasteiger partial charge in [0, 0.05) is 21.7 Å². The Morgan fingerprint density at radius 3 is 2.50 bits per heavy atom. The first-order chi connectivity index (χ1) is 25.7. The van der Waals surface area contributed by atoms with E-state index in [2.05, 4.69) is 20.8 Å². The van der Waals surface area contributed by atoms with Crippen LogP contribution in [0.4, 0.5) is 5.13 Å². The molecule has 1 fully saturated rings. The average molecular weight is 788 g/mol. The van der Waals surface area contributed by atoms with Crippen LogP contribution < -0.4 is 26.5 Å². The first kappa shape index (κ1) is 39.9. The molecule has 3 aromatic rings. The number of thiazole rings is 1. The largest absolute Gasteiger partial charge is 0.481 e. The standard InChI is InChI=1S/C30H34B2N6O14S2/c33-30-34-20(14-54-30)28(29(45)36-24-5-4-17(9-27(43)44)52-32(24)47)37-49-12-15-6-21(39)22(11-38(15)48)50-18-7-19(53-13-18)10-25(40)35-23-3-1-2-16(8-26(41)42)51-31(23)46/h1-2,6-7,11,13-14,16-17,23-24,46-48H,3-5,8-10,12H2,(H2,33,34)(H,35,40)(H,36,45)(H,41,42)(H,43,44). The lowest BCUT2D eigenvalue weighted by Crippen LogP contribution is -2.54. The van der Waals surface area contributed by atoms with E-state index in [1.165, 1.54) is 17.5 Å². The number of thiophene rings is 1. The van der Waals surface area contributed by atoms with Crippen molar-refractivity contribution in [3.63, 3.8) is 0 Å². The number of hydrogen-bond acceptors (Lipinski definition) is 17. The second-order valence-corrected chi connectivity index (χ2v) is 13.9. The summed E-state index contributed by atoms with van der Waals surface area (Å²) < 4.78 is 16.8. The van der Waals surface area contributed by atoms with Gasteiger partial charge < -0.3 is 60.7 Å². The predicted molar refractivity (Wildman–Crippen MR) is 191 cm³/mol. The zero-order valence-corrected chi connectivity index (χ0v) is 29.7. The Kier molecular flexibility index (Phi) is 13.4. The minimum atomic E-state index is -1.48. The van der Waals surface area contributed by atoms with Crippen molar-refractivity contribution in [2.75, 3.05) is 5.73 Å². The molecule has 1 saturated heterocycles. The number of carboxylic acid groups (broad SMARTS) is 2. The highest BCUT2D eigenvalue weighted by Crippen LogP contribution is 2.26. The van der Waals surface area contributed by atoms with Crippen LogP contribution in [-0.2, 0) is 46.4 Å². The summed E-state index contributed by atoms with van der Waals surface area (Å²) in [5, 5.41) is 61.4. The maximum Gasteiger partial charge on any atom is 0.478 e. The third kappa shape index (κ3) is 11.1. The van der Waals surface area contributed by atoms with E-state index < -0.39 is 74.1 Å². The maximum absolute atomic E-state index is 13.2. The fourth-order valence-electron chi connectivity index (χ4n) is 5.37. The lowest BCUT2D eigenvalue weighted by molar-refractivity contribution is -0.140. The van der Waals surface area contributed by atoms with Gasteiger partial charge in [0.05, 0.1) is 49.5 Å².